The SMILES string of the molecule is CC[C@@H]1CN(c2c3c(ccc(=O)n3C)nn2C2CCCCO2)[C@@H](C)CN1C(c1ccc(F)cc1)c1ccc(C(F)(F)F)cn1. The number of fused-ring (bicyclic) bond motifs is 1. The first-order chi connectivity index (χ1) is 21.1. The number of nitrogens with zero attached hydrogens (tertiary/aromatic N) is 6. The Morgan fingerprint density at radius 1 is 1.05 bits per heavy atom. The first kappa shape index (κ1) is 30.3. The molecule has 5 heterocycles. The molecule has 234 valence electrons. The van der Waals surface area contributed by atoms with Gasteiger partial charge in [-0.15, -0.1) is 0 Å². The fraction of sp³-hybridized carbons (Fsp3) is 0.469. The van der Waals surface area contributed by atoms with Crippen LogP contribution in [0.2, 0.25) is 0 Å². The molecule has 44 heavy (non-hydrogen) atoms. The standard InChI is InChI=1S/C32H36F4N6O2/c1-4-24-19-40(31-30-26(14-15-27(43)39(30)3)38-42(31)28-7-5-6-16-44-28)20(2)18-41(24)29(21-8-11-23(33)12-9-21)25-13-10-22(17-37-25)32(34,35)36/h8-15,17,20,24,28-29H,4-7,16,18-19H2,1-3H3/t20-,24+,28?,29?/m0/s1. The number of halogens is 4. The monoisotopic (exact) mass is 612 g/mol. The van der Waals surface area contributed by atoms with Gasteiger partial charge in [-0.3, -0.25) is 14.7 Å². The van der Waals surface area contributed by atoms with E-state index in [-0.39, 0.29) is 23.9 Å². The van der Waals surface area contributed by atoms with Crippen LogP contribution in [0.3, 0.4) is 0 Å². The highest BCUT2D eigenvalue weighted by molar-refractivity contribution is 5.87. The lowest BCUT2D eigenvalue weighted by Gasteiger charge is -2.49. The molecule has 0 bridgehead atoms. The van der Waals surface area contributed by atoms with Gasteiger partial charge in [-0.2, -0.15) is 18.3 Å². The van der Waals surface area contributed by atoms with Crippen LogP contribution in [0, 0.1) is 5.82 Å². The van der Waals surface area contributed by atoms with Gasteiger partial charge in [0.2, 0.25) is 0 Å². The van der Waals surface area contributed by atoms with Crippen molar-refractivity contribution < 1.29 is 22.3 Å². The van der Waals surface area contributed by atoms with Crippen LogP contribution in [0.1, 0.15) is 68.6 Å². The summed E-state index contributed by atoms with van der Waals surface area (Å²) >= 11 is 0. The van der Waals surface area contributed by atoms with Gasteiger partial charge >= 0.3 is 6.18 Å². The molecule has 0 saturated carbocycles. The van der Waals surface area contributed by atoms with E-state index in [0.29, 0.717) is 30.9 Å². The van der Waals surface area contributed by atoms with Crippen molar-refractivity contribution in [1.29, 1.82) is 0 Å². The van der Waals surface area contributed by atoms with E-state index < -0.39 is 23.6 Å². The average molecular weight is 613 g/mol. The Morgan fingerprint density at radius 3 is 2.45 bits per heavy atom. The normalized spacial score (nSPS) is 22.4. The minimum Gasteiger partial charge on any atom is -0.356 e. The van der Waals surface area contributed by atoms with Crippen molar-refractivity contribution in [3.63, 3.8) is 0 Å². The molecule has 0 aliphatic carbocycles. The molecule has 4 aromatic rings. The van der Waals surface area contributed by atoms with E-state index in [0.717, 1.165) is 54.8 Å². The quantitative estimate of drug-likeness (QED) is 0.247. The van der Waals surface area contributed by atoms with E-state index in [1.54, 1.807) is 29.8 Å². The summed E-state index contributed by atoms with van der Waals surface area (Å²) in [7, 11) is 1.75. The second kappa shape index (κ2) is 12.0. The van der Waals surface area contributed by atoms with Gasteiger partial charge in [0.15, 0.2) is 12.0 Å². The third-order valence-electron chi connectivity index (χ3n) is 8.90. The number of hydrogen-bond donors (Lipinski definition) is 0. The van der Waals surface area contributed by atoms with Gasteiger partial charge < -0.3 is 14.2 Å². The molecule has 3 aromatic heterocycles. The molecule has 6 rings (SSSR count). The number of rotatable bonds is 6. The number of piperazine rings is 1. The predicted molar refractivity (Wildman–Crippen MR) is 159 cm³/mol. The molecule has 1 aromatic carbocycles. The summed E-state index contributed by atoms with van der Waals surface area (Å²) < 4.78 is 63.8. The number of anilines is 1. The molecule has 12 heteroatoms. The number of benzene rings is 1. The summed E-state index contributed by atoms with van der Waals surface area (Å²) in [5.41, 5.74) is 1.69. The highest BCUT2D eigenvalue weighted by atomic mass is 19.4. The van der Waals surface area contributed by atoms with E-state index in [4.69, 9.17) is 9.84 Å². The zero-order valence-corrected chi connectivity index (χ0v) is 25.0. The largest absolute Gasteiger partial charge is 0.417 e. The molecule has 2 fully saturated rings. The highest BCUT2D eigenvalue weighted by Crippen LogP contribution is 2.39. The Kier molecular flexibility index (Phi) is 8.23. The summed E-state index contributed by atoms with van der Waals surface area (Å²) in [5.74, 6) is 0.428. The summed E-state index contributed by atoms with van der Waals surface area (Å²) in [6.45, 7) is 5.89. The second-order valence-corrected chi connectivity index (χ2v) is 11.7. The molecule has 0 amide bonds. The number of aromatic nitrogens is 4. The number of hydrogen-bond acceptors (Lipinski definition) is 6. The smallest absolute Gasteiger partial charge is 0.356 e. The van der Waals surface area contributed by atoms with Crippen LogP contribution in [0.4, 0.5) is 23.4 Å². The van der Waals surface area contributed by atoms with E-state index >= 15 is 0 Å². The molecule has 4 atom stereocenters. The lowest BCUT2D eigenvalue weighted by atomic mass is 9.95. The minimum absolute atomic E-state index is 0.0586. The van der Waals surface area contributed by atoms with Crippen molar-refractivity contribution >= 4 is 16.9 Å². The summed E-state index contributed by atoms with van der Waals surface area (Å²) in [5, 5.41) is 4.92. The van der Waals surface area contributed by atoms with E-state index in [1.165, 1.54) is 24.3 Å². The van der Waals surface area contributed by atoms with Crippen molar-refractivity contribution in [2.24, 2.45) is 7.05 Å². The molecule has 2 saturated heterocycles. The third-order valence-corrected chi connectivity index (χ3v) is 8.90. The maximum absolute atomic E-state index is 14.0. The lowest BCUT2D eigenvalue weighted by molar-refractivity contribution is -0.137. The maximum Gasteiger partial charge on any atom is 0.417 e. The van der Waals surface area contributed by atoms with Crippen LogP contribution in [0.15, 0.2) is 59.5 Å². The van der Waals surface area contributed by atoms with Gasteiger partial charge in [-0.05, 0) is 68.5 Å². The Hall–Kier alpha value is -3.77. The average Bonchev–Trinajstić information content (AvgIpc) is 3.40. The summed E-state index contributed by atoms with van der Waals surface area (Å²) in [4.78, 5) is 21.6. The van der Waals surface area contributed by atoms with Crippen LogP contribution in [-0.4, -0.2) is 56.0 Å². The van der Waals surface area contributed by atoms with Gasteiger partial charge in [-0.1, -0.05) is 19.1 Å². The number of alkyl halides is 3. The molecule has 2 aliphatic rings. The maximum atomic E-state index is 14.0. The fourth-order valence-corrected chi connectivity index (χ4v) is 6.58. The first-order valence-corrected chi connectivity index (χ1v) is 15.1. The van der Waals surface area contributed by atoms with E-state index in [1.807, 2.05) is 4.68 Å². The van der Waals surface area contributed by atoms with Crippen molar-refractivity contribution in [2.45, 2.75) is 70.1 Å². The van der Waals surface area contributed by atoms with Gasteiger partial charge in [0, 0.05) is 51.1 Å². The Bertz CT molecular complexity index is 1660. The van der Waals surface area contributed by atoms with Crippen LogP contribution in [0.25, 0.3) is 11.0 Å². The van der Waals surface area contributed by atoms with Gasteiger partial charge in [0.1, 0.15) is 16.9 Å². The molecule has 0 radical (unpaired) electrons. The van der Waals surface area contributed by atoms with Crippen LogP contribution >= 0.6 is 0 Å². The summed E-state index contributed by atoms with van der Waals surface area (Å²) in [6.07, 6.45) is -0.354. The Morgan fingerprint density at radius 2 is 1.82 bits per heavy atom. The zero-order valence-electron chi connectivity index (χ0n) is 25.0. The van der Waals surface area contributed by atoms with Crippen LogP contribution in [-0.2, 0) is 18.0 Å². The molecule has 8 nitrogen and oxygen atoms in total. The minimum atomic E-state index is -4.50. The van der Waals surface area contributed by atoms with E-state index in [2.05, 4.69) is 28.6 Å². The number of aryl methyl sites for hydroxylation is 1. The molecule has 2 aliphatic heterocycles. The van der Waals surface area contributed by atoms with Crippen LogP contribution in [0.5, 0.6) is 0 Å². The van der Waals surface area contributed by atoms with Gasteiger partial charge in [-0.25, -0.2) is 9.07 Å². The van der Waals surface area contributed by atoms with Crippen molar-refractivity contribution in [1.82, 2.24) is 24.2 Å². The molecule has 0 N–H and O–H groups in total. The van der Waals surface area contributed by atoms with Crippen molar-refractivity contribution in [3.8, 4) is 0 Å². The fourth-order valence-electron chi connectivity index (χ4n) is 6.58. The molecule has 2 unspecified atom stereocenters. The Labute approximate surface area is 252 Å². The molecule has 0 spiro atoms. The number of pyridine rings is 2. The molecular formula is C32H36F4N6O2. The van der Waals surface area contributed by atoms with Gasteiger partial charge in [0.25, 0.3) is 5.56 Å². The first-order valence-electron chi connectivity index (χ1n) is 15.1. The van der Waals surface area contributed by atoms with Crippen LogP contribution < -0.4 is 10.5 Å². The summed E-state index contributed by atoms with van der Waals surface area (Å²) in [6, 6.07) is 11.2. The predicted octanol–water partition coefficient (Wildman–Crippen LogP) is 6.07. The Balaban J connectivity index is 1.42. The highest BCUT2D eigenvalue weighted by Gasteiger charge is 2.40. The zero-order chi connectivity index (χ0) is 31.2. The lowest BCUT2D eigenvalue weighted by Crippen LogP contribution is -2.59. The second-order valence-electron chi connectivity index (χ2n) is 11.7. The third kappa shape index (κ3) is 5.61. The van der Waals surface area contributed by atoms with Crippen molar-refractivity contribution in [2.75, 3.05) is 24.6 Å². The van der Waals surface area contributed by atoms with Gasteiger partial charge in [0.05, 0.1) is 17.3 Å². The molecular weight excluding hydrogens is 576 g/mol. The topological polar surface area (TPSA) is 68.4 Å². The van der Waals surface area contributed by atoms with E-state index in [9.17, 15) is 22.4 Å². The van der Waals surface area contributed by atoms with Crippen molar-refractivity contribution in [3.05, 3.63) is 87.7 Å². The number of ether oxygens (including phenoxy) is 1.